The van der Waals surface area contributed by atoms with Crippen molar-refractivity contribution in [3.63, 3.8) is 0 Å². The zero-order valence-electron chi connectivity index (χ0n) is 21.7. The largest absolute Gasteiger partial charge is 0.354 e. The maximum atomic E-state index is 13.3. The lowest BCUT2D eigenvalue weighted by atomic mass is 10.1. The van der Waals surface area contributed by atoms with Crippen LogP contribution in [0.25, 0.3) is 0 Å². The van der Waals surface area contributed by atoms with Crippen LogP contribution in [0.3, 0.4) is 0 Å². The van der Waals surface area contributed by atoms with Crippen LogP contribution in [0, 0.1) is 19.8 Å². The van der Waals surface area contributed by atoms with E-state index in [0.29, 0.717) is 31.1 Å². The van der Waals surface area contributed by atoms with E-state index in [-0.39, 0.29) is 24.8 Å². The molecule has 7 nitrogen and oxygen atoms in total. The molecular formula is C27H39N3O4S. The van der Waals surface area contributed by atoms with E-state index in [9.17, 15) is 18.0 Å². The van der Waals surface area contributed by atoms with Gasteiger partial charge in [0, 0.05) is 26.1 Å². The number of sulfonamides is 1. The molecule has 2 aromatic carbocycles. The third kappa shape index (κ3) is 8.69. The number of benzene rings is 2. The van der Waals surface area contributed by atoms with Crippen LogP contribution >= 0.6 is 0 Å². The smallest absolute Gasteiger partial charge is 0.242 e. The first-order valence-corrected chi connectivity index (χ1v) is 13.9. The second-order valence-corrected chi connectivity index (χ2v) is 11.4. The van der Waals surface area contributed by atoms with Crippen molar-refractivity contribution in [1.82, 2.24) is 10.2 Å². The Hall–Kier alpha value is -2.87. The predicted molar refractivity (Wildman–Crippen MR) is 142 cm³/mol. The fraction of sp³-hybridized carbons (Fsp3) is 0.481. The van der Waals surface area contributed by atoms with Crippen molar-refractivity contribution in [2.75, 3.05) is 23.7 Å². The maximum absolute atomic E-state index is 13.3. The summed E-state index contributed by atoms with van der Waals surface area (Å²) in [7, 11) is -3.50. The van der Waals surface area contributed by atoms with E-state index in [2.05, 4.69) is 5.32 Å². The van der Waals surface area contributed by atoms with E-state index in [1.54, 1.807) is 24.0 Å². The molecule has 35 heavy (non-hydrogen) atoms. The van der Waals surface area contributed by atoms with E-state index in [1.807, 2.05) is 64.1 Å². The van der Waals surface area contributed by atoms with Gasteiger partial charge in [0.05, 0.1) is 11.9 Å². The summed E-state index contributed by atoms with van der Waals surface area (Å²) in [6.07, 6.45) is 1.64. The number of hydrogen-bond acceptors (Lipinski definition) is 4. The minimum atomic E-state index is -3.50. The normalized spacial score (nSPS) is 12.3. The van der Waals surface area contributed by atoms with Crippen LogP contribution in [0.15, 0.2) is 48.5 Å². The van der Waals surface area contributed by atoms with Crippen molar-refractivity contribution >= 4 is 27.5 Å². The summed E-state index contributed by atoms with van der Waals surface area (Å²) >= 11 is 0. The van der Waals surface area contributed by atoms with Gasteiger partial charge in [0.2, 0.25) is 21.8 Å². The zero-order chi connectivity index (χ0) is 26.2. The van der Waals surface area contributed by atoms with Gasteiger partial charge >= 0.3 is 0 Å². The lowest BCUT2D eigenvalue weighted by Crippen LogP contribution is -2.48. The third-order valence-corrected chi connectivity index (χ3v) is 7.12. The SMILES string of the molecule is Cc1ccc(N(CCCC(=O)N(Cc2ccccc2C)[C@@H](C)C(=O)NCC(C)C)S(C)(=O)=O)cc1. The first-order chi connectivity index (χ1) is 16.4. The summed E-state index contributed by atoms with van der Waals surface area (Å²) in [6, 6.07) is 14.4. The Morgan fingerprint density at radius 1 is 0.971 bits per heavy atom. The Labute approximate surface area is 210 Å². The number of carbonyl (C=O) groups excluding carboxylic acids is 2. The molecule has 192 valence electrons. The Morgan fingerprint density at radius 3 is 2.17 bits per heavy atom. The maximum Gasteiger partial charge on any atom is 0.242 e. The first kappa shape index (κ1) is 28.4. The molecule has 1 N–H and O–H groups in total. The van der Waals surface area contributed by atoms with Crippen LogP contribution in [0.1, 0.15) is 50.3 Å². The van der Waals surface area contributed by atoms with Gasteiger partial charge in [-0.15, -0.1) is 0 Å². The van der Waals surface area contributed by atoms with Crippen molar-refractivity contribution in [3.05, 3.63) is 65.2 Å². The number of amides is 2. The van der Waals surface area contributed by atoms with Crippen molar-refractivity contribution in [3.8, 4) is 0 Å². The van der Waals surface area contributed by atoms with Crippen LogP contribution in [-0.2, 0) is 26.2 Å². The lowest BCUT2D eigenvalue weighted by Gasteiger charge is -2.30. The Balaban J connectivity index is 2.16. The molecule has 0 saturated carbocycles. The molecule has 0 aliphatic rings. The molecule has 0 bridgehead atoms. The number of hydrogen-bond donors (Lipinski definition) is 1. The molecule has 0 spiro atoms. The van der Waals surface area contributed by atoms with Crippen molar-refractivity contribution in [1.29, 1.82) is 0 Å². The average Bonchev–Trinajstić information content (AvgIpc) is 2.79. The lowest BCUT2D eigenvalue weighted by molar-refractivity contribution is -0.140. The van der Waals surface area contributed by atoms with Gasteiger partial charge in [0.25, 0.3) is 0 Å². The molecule has 0 aliphatic carbocycles. The van der Waals surface area contributed by atoms with E-state index >= 15 is 0 Å². The average molecular weight is 502 g/mol. The van der Waals surface area contributed by atoms with Crippen molar-refractivity contribution < 1.29 is 18.0 Å². The fourth-order valence-electron chi connectivity index (χ4n) is 3.72. The molecule has 0 aromatic heterocycles. The summed E-state index contributed by atoms with van der Waals surface area (Å²) in [5, 5.41) is 2.92. The van der Waals surface area contributed by atoms with E-state index < -0.39 is 16.1 Å². The highest BCUT2D eigenvalue weighted by atomic mass is 32.2. The molecule has 0 radical (unpaired) electrons. The number of nitrogens with one attached hydrogen (secondary N) is 1. The number of carbonyl (C=O) groups is 2. The van der Waals surface area contributed by atoms with Gasteiger partial charge in [-0.05, 0) is 56.4 Å². The molecule has 0 saturated heterocycles. The number of anilines is 1. The van der Waals surface area contributed by atoms with Crippen LogP contribution in [-0.4, -0.2) is 50.5 Å². The zero-order valence-corrected chi connectivity index (χ0v) is 22.6. The first-order valence-electron chi connectivity index (χ1n) is 12.1. The Morgan fingerprint density at radius 2 is 1.60 bits per heavy atom. The van der Waals surface area contributed by atoms with Crippen LogP contribution < -0.4 is 9.62 Å². The molecule has 0 unspecified atom stereocenters. The van der Waals surface area contributed by atoms with E-state index in [4.69, 9.17) is 0 Å². The summed E-state index contributed by atoms with van der Waals surface area (Å²) in [5.74, 6) is -0.0775. The second-order valence-electron chi connectivity index (χ2n) is 9.54. The van der Waals surface area contributed by atoms with Crippen LogP contribution in [0.4, 0.5) is 5.69 Å². The Bertz CT molecular complexity index is 1100. The topological polar surface area (TPSA) is 86.8 Å². The minimum Gasteiger partial charge on any atom is -0.354 e. The predicted octanol–water partition coefficient (Wildman–Crippen LogP) is 4.04. The van der Waals surface area contributed by atoms with E-state index in [1.165, 1.54) is 10.6 Å². The highest BCUT2D eigenvalue weighted by Gasteiger charge is 2.27. The van der Waals surface area contributed by atoms with Gasteiger partial charge in [-0.25, -0.2) is 8.42 Å². The number of nitrogens with zero attached hydrogens (tertiary/aromatic N) is 2. The minimum absolute atomic E-state index is 0.131. The van der Waals surface area contributed by atoms with Gasteiger partial charge in [-0.2, -0.15) is 0 Å². The third-order valence-electron chi connectivity index (χ3n) is 5.93. The van der Waals surface area contributed by atoms with Gasteiger partial charge in [-0.3, -0.25) is 13.9 Å². The molecule has 0 aliphatic heterocycles. The summed E-state index contributed by atoms with van der Waals surface area (Å²) in [5.41, 5.74) is 3.63. The Kier molecular flexibility index (Phi) is 10.3. The summed E-state index contributed by atoms with van der Waals surface area (Å²) in [4.78, 5) is 27.7. The van der Waals surface area contributed by atoms with Crippen LogP contribution in [0.2, 0.25) is 0 Å². The summed E-state index contributed by atoms with van der Waals surface area (Å²) in [6.45, 7) is 10.7. The van der Waals surface area contributed by atoms with Gasteiger partial charge in [0.15, 0.2) is 0 Å². The van der Waals surface area contributed by atoms with Crippen molar-refractivity contribution in [2.45, 2.75) is 60.0 Å². The fourth-order valence-corrected chi connectivity index (χ4v) is 4.69. The highest BCUT2D eigenvalue weighted by molar-refractivity contribution is 7.92. The molecule has 2 rings (SSSR count). The molecule has 0 heterocycles. The molecule has 0 fully saturated rings. The summed E-state index contributed by atoms with van der Waals surface area (Å²) < 4.78 is 26.1. The van der Waals surface area contributed by atoms with Gasteiger partial charge < -0.3 is 10.2 Å². The van der Waals surface area contributed by atoms with Crippen LogP contribution in [0.5, 0.6) is 0 Å². The standard InChI is InChI=1S/C27H39N3O4S/c1-20(2)18-28-27(32)23(5)29(19-24-11-8-7-10-22(24)4)26(31)12-9-17-30(35(6,33)34)25-15-13-21(3)14-16-25/h7-8,10-11,13-16,20,23H,9,12,17-19H2,1-6H3,(H,28,32)/t23-/m0/s1. The quantitative estimate of drug-likeness (QED) is 0.476. The number of rotatable bonds is 12. The monoisotopic (exact) mass is 501 g/mol. The van der Waals surface area contributed by atoms with E-state index in [0.717, 1.165) is 16.7 Å². The van der Waals surface area contributed by atoms with Crippen molar-refractivity contribution in [2.24, 2.45) is 5.92 Å². The molecule has 2 amide bonds. The molecule has 1 atom stereocenters. The highest BCUT2D eigenvalue weighted by Crippen LogP contribution is 2.20. The van der Waals surface area contributed by atoms with Gasteiger partial charge in [0.1, 0.15) is 6.04 Å². The number of aryl methyl sites for hydroxylation is 2. The molecular weight excluding hydrogens is 462 g/mol. The molecule has 2 aromatic rings. The van der Waals surface area contributed by atoms with Gasteiger partial charge in [-0.1, -0.05) is 55.8 Å². The second kappa shape index (κ2) is 12.7. The molecule has 8 heteroatoms.